The Balaban J connectivity index is 1.15. The molecule has 0 unspecified atom stereocenters. The molecule has 8 nitrogen and oxygen atoms in total. The van der Waals surface area contributed by atoms with Gasteiger partial charge in [0.1, 0.15) is 34.5 Å². The Morgan fingerprint density at radius 3 is 1.23 bits per heavy atom. The molecule has 0 fully saturated rings. The molecule has 8 heteroatoms. The number of amides is 2. The van der Waals surface area contributed by atoms with Crippen LogP contribution in [0.2, 0.25) is 0 Å². The predicted molar refractivity (Wildman–Crippen MR) is 187 cm³/mol. The van der Waals surface area contributed by atoms with E-state index in [2.05, 4.69) is 10.6 Å². The van der Waals surface area contributed by atoms with Gasteiger partial charge in [-0.25, -0.2) is 0 Å². The molecule has 0 bridgehead atoms. The van der Waals surface area contributed by atoms with Gasteiger partial charge in [0.25, 0.3) is 11.8 Å². The molecule has 0 radical (unpaired) electrons. The van der Waals surface area contributed by atoms with Crippen molar-refractivity contribution in [1.29, 1.82) is 0 Å². The maximum absolute atomic E-state index is 13.2. The minimum absolute atomic E-state index is 0.307. The lowest BCUT2D eigenvalue weighted by Crippen LogP contribution is -2.13. The van der Waals surface area contributed by atoms with Gasteiger partial charge < -0.3 is 29.6 Å². The van der Waals surface area contributed by atoms with E-state index in [1.807, 2.05) is 84.9 Å². The average molecular weight is 637 g/mol. The normalized spacial score (nSPS) is 10.5. The number of ether oxygens (including phenoxy) is 4. The maximum atomic E-state index is 13.2. The van der Waals surface area contributed by atoms with E-state index in [-0.39, 0.29) is 11.8 Å². The monoisotopic (exact) mass is 636 g/mol. The largest absolute Gasteiger partial charge is 0.495 e. The fourth-order valence-corrected chi connectivity index (χ4v) is 4.99. The Morgan fingerprint density at radius 2 is 0.833 bits per heavy atom. The van der Waals surface area contributed by atoms with Crippen molar-refractivity contribution < 1.29 is 28.5 Å². The molecule has 6 rings (SSSR count). The van der Waals surface area contributed by atoms with Gasteiger partial charge >= 0.3 is 0 Å². The summed E-state index contributed by atoms with van der Waals surface area (Å²) >= 11 is 0. The van der Waals surface area contributed by atoms with Crippen LogP contribution in [0.4, 0.5) is 11.4 Å². The van der Waals surface area contributed by atoms with Crippen LogP contribution in [0, 0.1) is 0 Å². The van der Waals surface area contributed by atoms with Gasteiger partial charge in [0, 0.05) is 11.1 Å². The third-order valence-electron chi connectivity index (χ3n) is 7.38. The van der Waals surface area contributed by atoms with E-state index in [0.29, 0.717) is 57.0 Å². The molecule has 2 amide bonds. The van der Waals surface area contributed by atoms with Crippen molar-refractivity contribution >= 4 is 23.2 Å². The molecule has 0 atom stereocenters. The van der Waals surface area contributed by atoms with Crippen LogP contribution in [0.5, 0.6) is 34.5 Å². The Bertz CT molecular complexity index is 1900. The number of hydrogen-bond acceptors (Lipinski definition) is 6. The number of para-hydroxylation sites is 2. The minimum atomic E-state index is -0.307. The van der Waals surface area contributed by atoms with Crippen LogP contribution in [0.1, 0.15) is 20.7 Å². The molecule has 238 valence electrons. The van der Waals surface area contributed by atoms with Crippen molar-refractivity contribution in [3.8, 4) is 45.6 Å². The van der Waals surface area contributed by atoms with Crippen LogP contribution in [-0.4, -0.2) is 26.0 Å². The zero-order valence-corrected chi connectivity index (χ0v) is 26.3. The Morgan fingerprint density at radius 1 is 0.438 bits per heavy atom. The summed E-state index contributed by atoms with van der Waals surface area (Å²) < 4.78 is 23.0. The first-order valence-electron chi connectivity index (χ1n) is 15.1. The molecule has 0 aliphatic rings. The summed E-state index contributed by atoms with van der Waals surface area (Å²) in [5.41, 5.74) is 3.54. The SMILES string of the molecule is COc1cc(-c2ccc(NC(=O)c3cccc(Oc4ccccc4)c3)c(OC)c2)ccc1NC(=O)c1cccc(Oc2ccccc2)c1. The molecule has 0 saturated carbocycles. The summed E-state index contributed by atoms with van der Waals surface area (Å²) in [5.74, 6) is 2.80. The van der Waals surface area contributed by atoms with Gasteiger partial charge in [0.05, 0.1) is 25.6 Å². The van der Waals surface area contributed by atoms with Crippen LogP contribution in [0.15, 0.2) is 146 Å². The van der Waals surface area contributed by atoms with Gasteiger partial charge in [0.15, 0.2) is 0 Å². The highest BCUT2D eigenvalue weighted by atomic mass is 16.5. The predicted octanol–water partition coefficient (Wildman–Crippen LogP) is 9.46. The maximum Gasteiger partial charge on any atom is 0.255 e. The van der Waals surface area contributed by atoms with Crippen molar-refractivity contribution in [2.45, 2.75) is 0 Å². The lowest BCUT2D eigenvalue weighted by Gasteiger charge is -2.15. The topological polar surface area (TPSA) is 95.1 Å². The second kappa shape index (κ2) is 14.7. The fraction of sp³-hybridized carbons (Fsp3) is 0.0500. The molecular weight excluding hydrogens is 604 g/mol. The van der Waals surface area contributed by atoms with Crippen molar-refractivity contribution in [3.05, 3.63) is 157 Å². The van der Waals surface area contributed by atoms with Crippen molar-refractivity contribution in [1.82, 2.24) is 0 Å². The molecule has 0 aliphatic carbocycles. The van der Waals surface area contributed by atoms with Crippen molar-refractivity contribution in [3.63, 3.8) is 0 Å². The summed E-state index contributed by atoms with van der Waals surface area (Å²) in [4.78, 5) is 26.3. The van der Waals surface area contributed by atoms with Gasteiger partial charge in [-0.05, 0) is 96.1 Å². The number of anilines is 2. The second-order valence-electron chi connectivity index (χ2n) is 10.6. The molecular formula is C40H32N2O6. The Hall–Kier alpha value is -6.54. The standard InChI is InChI=1S/C40H32N2O6/c1-45-37-25-27(19-21-35(37)41-39(43)29-11-9-17-33(23-29)47-31-13-5-3-6-14-31)28-20-22-36(38(26-28)46-2)42-40(44)30-12-10-18-34(24-30)48-32-15-7-4-8-16-32/h3-26H,1-2H3,(H,41,43)(H,42,44). The minimum Gasteiger partial charge on any atom is -0.495 e. The quantitative estimate of drug-likeness (QED) is 0.147. The summed E-state index contributed by atoms with van der Waals surface area (Å²) in [6.07, 6.45) is 0. The Kier molecular flexibility index (Phi) is 9.63. The number of carbonyl (C=O) groups is 2. The zero-order chi connectivity index (χ0) is 33.3. The first-order chi connectivity index (χ1) is 23.5. The molecule has 48 heavy (non-hydrogen) atoms. The van der Waals surface area contributed by atoms with Crippen LogP contribution >= 0.6 is 0 Å². The molecule has 0 spiro atoms. The molecule has 6 aromatic carbocycles. The van der Waals surface area contributed by atoms with Crippen LogP contribution in [0.3, 0.4) is 0 Å². The van der Waals surface area contributed by atoms with E-state index in [1.54, 1.807) is 74.9 Å². The first-order valence-corrected chi connectivity index (χ1v) is 15.1. The number of nitrogens with one attached hydrogen (secondary N) is 2. The number of hydrogen-bond donors (Lipinski definition) is 2. The molecule has 2 N–H and O–H groups in total. The Labute approximate surface area is 278 Å². The molecule has 6 aromatic rings. The smallest absolute Gasteiger partial charge is 0.255 e. The molecule has 0 heterocycles. The second-order valence-corrected chi connectivity index (χ2v) is 10.6. The number of benzene rings is 6. The highest BCUT2D eigenvalue weighted by molar-refractivity contribution is 6.06. The highest BCUT2D eigenvalue weighted by Crippen LogP contribution is 2.36. The summed E-state index contributed by atoms with van der Waals surface area (Å²) in [6, 6.07) is 43.6. The van der Waals surface area contributed by atoms with Crippen molar-refractivity contribution in [2.75, 3.05) is 24.9 Å². The molecule has 0 aliphatic heterocycles. The van der Waals surface area contributed by atoms with Crippen LogP contribution < -0.4 is 29.6 Å². The molecule has 0 aromatic heterocycles. The summed E-state index contributed by atoms with van der Waals surface area (Å²) in [7, 11) is 3.09. The van der Waals surface area contributed by atoms with Gasteiger partial charge in [-0.2, -0.15) is 0 Å². The lowest BCUT2D eigenvalue weighted by molar-refractivity contribution is 0.101. The fourth-order valence-electron chi connectivity index (χ4n) is 4.99. The zero-order valence-electron chi connectivity index (χ0n) is 26.3. The van der Waals surface area contributed by atoms with E-state index in [4.69, 9.17) is 18.9 Å². The molecule has 0 saturated heterocycles. The van der Waals surface area contributed by atoms with Crippen LogP contribution in [0.25, 0.3) is 11.1 Å². The van der Waals surface area contributed by atoms with Crippen molar-refractivity contribution in [2.24, 2.45) is 0 Å². The van der Waals surface area contributed by atoms with Gasteiger partial charge in [-0.1, -0.05) is 60.7 Å². The third-order valence-corrected chi connectivity index (χ3v) is 7.38. The third kappa shape index (κ3) is 7.63. The number of methoxy groups -OCH3 is 2. The van der Waals surface area contributed by atoms with E-state index in [0.717, 1.165) is 11.1 Å². The number of rotatable bonds is 11. The summed E-state index contributed by atoms with van der Waals surface area (Å²) in [6.45, 7) is 0. The van der Waals surface area contributed by atoms with E-state index in [1.165, 1.54) is 0 Å². The van der Waals surface area contributed by atoms with E-state index in [9.17, 15) is 9.59 Å². The summed E-state index contributed by atoms with van der Waals surface area (Å²) in [5, 5.41) is 5.87. The van der Waals surface area contributed by atoms with Crippen LogP contribution in [-0.2, 0) is 0 Å². The van der Waals surface area contributed by atoms with E-state index < -0.39 is 0 Å². The van der Waals surface area contributed by atoms with Gasteiger partial charge in [0.2, 0.25) is 0 Å². The van der Waals surface area contributed by atoms with Gasteiger partial charge in [-0.15, -0.1) is 0 Å². The number of carbonyl (C=O) groups excluding carboxylic acids is 2. The lowest BCUT2D eigenvalue weighted by atomic mass is 10.0. The van der Waals surface area contributed by atoms with Gasteiger partial charge in [-0.3, -0.25) is 9.59 Å². The average Bonchev–Trinajstić information content (AvgIpc) is 3.13. The first kappa shape index (κ1) is 31.4. The van der Waals surface area contributed by atoms with E-state index >= 15 is 0 Å². The highest BCUT2D eigenvalue weighted by Gasteiger charge is 2.15.